The lowest BCUT2D eigenvalue weighted by molar-refractivity contribution is 0.0949. The minimum Gasteiger partial charge on any atom is -0.350 e. The Morgan fingerprint density at radius 3 is 2.87 bits per heavy atom. The number of pyridine rings is 1. The first kappa shape index (κ1) is 20.4. The van der Waals surface area contributed by atoms with Gasteiger partial charge in [0.25, 0.3) is 11.5 Å². The molecule has 1 unspecified atom stereocenters. The summed E-state index contributed by atoms with van der Waals surface area (Å²) in [5.74, 6) is 0.141. The standard InChI is InChI=1S/C24H30N4O2/c1-17-9-12-27(16-19-6-5-10-25-15-19)24(30)22(17)23(29)26-11-13-28-18(2)14-20-7-3-4-8-21(20)28/h3-4,7-9,12,14,19,25H,5-6,10-11,13,15-16H2,1-2H3,(H,26,29). The summed E-state index contributed by atoms with van der Waals surface area (Å²) in [7, 11) is 0. The third-order valence-corrected chi connectivity index (χ3v) is 6.09. The summed E-state index contributed by atoms with van der Waals surface area (Å²) in [5, 5.41) is 7.54. The summed E-state index contributed by atoms with van der Waals surface area (Å²) >= 11 is 0. The van der Waals surface area contributed by atoms with Gasteiger partial charge in [-0.2, -0.15) is 0 Å². The molecule has 6 nitrogen and oxygen atoms in total. The van der Waals surface area contributed by atoms with Crippen molar-refractivity contribution in [3.8, 4) is 0 Å². The predicted octanol–water partition coefficient (Wildman–Crippen LogP) is 2.85. The number of nitrogens with one attached hydrogen (secondary N) is 2. The molecule has 0 spiro atoms. The number of piperidine rings is 1. The van der Waals surface area contributed by atoms with Crippen molar-refractivity contribution in [2.45, 2.75) is 39.8 Å². The van der Waals surface area contributed by atoms with Gasteiger partial charge in [-0.3, -0.25) is 9.59 Å². The molecule has 4 rings (SSSR count). The van der Waals surface area contributed by atoms with Gasteiger partial charge in [-0.05, 0) is 74.8 Å². The molecule has 6 heteroatoms. The van der Waals surface area contributed by atoms with Crippen LogP contribution in [0.4, 0.5) is 0 Å². The normalized spacial score (nSPS) is 16.7. The van der Waals surface area contributed by atoms with E-state index in [9.17, 15) is 9.59 Å². The van der Waals surface area contributed by atoms with E-state index in [1.54, 1.807) is 4.57 Å². The lowest BCUT2D eigenvalue weighted by Gasteiger charge is -2.23. The van der Waals surface area contributed by atoms with E-state index in [0.29, 0.717) is 25.6 Å². The van der Waals surface area contributed by atoms with Crippen LogP contribution in [0.2, 0.25) is 0 Å². The van der Waals surface area contributed by atoms with Crippen LogP contribution in [0, 0.1) is 19.8 Å². The second kappa shape index (κ2) is 8.88. The fraction of sp³-hybridized carbons (Fsp3) is 0.417. The molecule has 2 N–H and O–H groups in total. The van der Waals surface area contributed by atoms with Crippen molar-refractivity contribution in [1.29, 1.82) is 0 Å². The maximum absolute atomic E-state index is 13.0. The molecule has 1 saturated heterocycles. The molecular formula is C24H30N4O2. The molecule has 1 aromatic carbocycles. The third kappa shape index (κ3) is 4.19. The lowest BCUT2D eigenvalue weighted by atomic mass is 9.99. The Labute approximate surface area is 176 Å². The highest BCUT2D eigenvalue weighted by molar-refractivity contribution is 5.95. The van der Waals surface area contributed by atoms with Crippen LogP contribution < -0.4 is 16.2 Å². The van der Waals surface area contributed by atoms with Crippen LogP contribution in [0.1, 0.15) is 34.5 Å². The molecule has 0 radical (unpaired) electrons. The zero-order valence-electron chi connectivity index (χ0n) is 17.8. The van der Waals surface area contributed by atoms with E-state index in [2.05, 4.69) is 40.3 Å². The largest absolute Gasteiger partial charge is 0.350 e. The van der Waals surface area contributed by atoms with Crippen LogP contribution >= 0.6 is 0 Å². The third-order valence-electron chi connectivity index (χ3n) is 6.09. The van der Waals surface area contributed by atoms with E-state index in [1.807, 2.05) is 31.3 Å². The molecule has 1 atom stereocenters. The second-order valence-electron chi connectivity index (χ2n) is 8.30. The Morgan fingerprint density at radius 2 is 2.07 bits per heavy atom. The monoisotopic (exact) mass is 406 g/mol. The van der Waals surface area contributed by atoms with Crippen molar-refractivity contribution < 1.29 is 4.79 Å². The maximum atomic E-state index is 13.0. The molecule has 158 valence electrons. The fourth-order valence-electron chi connectivity index (χ4n) is 4.46. The second-order valence-corrected chi connectivity index (χ2v) is 8.30. The van der Waals surface area contributed by atoms with Gasteiger partial charge in [0.2, 0.25) is 0 Å². The van der Waals surface area contributed by atoms with E-state index < -0.39 is 0 Å². The van der Waals surface area contributed by atoms with Crippen molar-refractivity contribution in [2.24, 2.45) is 5.92 Å². The van der Waals surface area contributed by atoms with Crippen LogP contribution in [0.15, 0.2) is 47.4 Å². The Balaban J connectivity index is 1.45. The minimum absolute atomic E-state index is 0.194. The highest BCUT2D eigenvalue weighted by Crippen LogP contribution is 2.18. The van der Waals surface area contributed by atoms with Crippen molar-refractivity contribution >= 4 is 16.8 Å². The number of hydrogen-bond acceptors (Lipinski definition) is 3. The number of fused-ring (bicyclic) bond motifs is 1. The van der Waals surface area contributed by atoms with E-state index in [0.717, 1.165) is 42.7 Å². The molecule has 3 aromatic rings. The SMILES string of the molecule is Cc1ccn(CC2CCCNC2)c(=O)c1C(=O)NCCn1c(C)cc2ccccc21. The predicted molar refractivity (Wildman–Crippen MR) is 120 cm³/mol. The highest BCUT2D eigenvalue weighted by atomic mass is 16.2. The molecule has 1 fully saturated rings. The van der Waals surface area contributed by atoms with Crippen molar-refractivity contribution in [1.82, 2.24) is 19.8 Å². The van der Waals surface area contributed by atoms with Crippen LogP contribution in [-0.4, -0.2) is 34.7 Å². The van der Waals surface area contributed by atoms with Crippen molar-refractivity contribution in [3.63, 3.8) is 0 Å². The van der Waals surface area contributed by atoms with Gasteiger partial charge < -0.3 is 19.8 Å². The molecule has 1 aliphatic heterocycles. The Morgan fingerprint density at radius 1 is 1.23 bits per heavy atom. The molecular weight excluding hydrogens is 376 g/mol. The number of para-hydroxylation sites is 1. The zero-order valence-corrected chi connectivity index (χ0v) is 17.8. The van der Waals surface area contributed by atoms with Gasteiger partial charge >= 0.3 is 0 Å². The van der Waals surface area contributed by atoms with Gasteiger partial charge in [0.1, 0.15) is 5.56 Å². The quantitative estimate of drug-likeness (QED) is 0.661. The molecule has 0 bridgehead atoms. The molecule has 1 amide bonds. The number of carbonyl (C=O) groups is 1. The molecule has 1 aliphatic rings. The number of nitrogens with zero attached hydrogens (tertiary/aromatic N) is 2. The minimum atomic E-state index is -0.289. The molecule has 2 aromatic heterocycles. The number of carbonyl (C=O) groups excluding carboxylic acids is 1. The lowest BCUT2D eigenvalue weighted by Crippen LogP contribution is -2.38. The number of aryl methyl sites for hydroxylation is 2. The summed E-state index contributed by atoms with van der Waals surface area (Å²) in [4.78, 5) is 25.9. The fourth-order valence-corrected chi connectivity index (χ4v) is 4.46. The summed E-state index contributed by atoms with van der Waals surface area (Å²) < 4.78 is 3.89. The van der Waals surface area contributed by atoms with Crippen LogP contribution in [-0.2, 0) is 13.1 Å². The first-order valence-corrected chi connectivity index (χ1v) is 10.8. The first-order chi connectivity index (χ1) is 14.5. The number of benzene rings is 1. The Bertz CT molecular complexity index is 1110. The topological polar surface area (TPSA) is 68.1 Å². The average Bonchev–Trinajstić information content (AvgIpc) is 3.06. The van der Waals surface area contributed by atoms with Crippen molar-refractivity contribution in [2.75, 3.05) is 19.6 Å². The highest BCUT2D eigenvalue weighted by Gasteiger charge is 2.19. The van der Waals surface area contributed by atoms with Gasteiger partial charge in [0.05, 0.1) is 0 Å². The summed E-state index contributed by atoms with van der Waals surface area (Å²) in [6, 6.07) is 12.3. The van der Waals surface area contributed by atoms with Crippen LogP contribution in [0.3, 0.4) is 0 Å². The zero-order chi connectivity index (χ0) is 21.1. The first-order valence-electron chi connectivity index (χ1n) is 10.8. The average molecular weight is 407 g/mol. The smallest absolute Gasteiger partial charge is 0.263 e. The molecule has 30 heavy (non-hydrogen) atoms. The number of hydrogen-bond donors (Lipinski definition) is 2. The summed E-state index contributed by atoms with van der Waals surface area (Å²) in [6.07, 6.45) is 4.06. The van der Waals surface area contributed by atoms with E-state index in [1.165, 1.54) is 5.39 Å². The Hall–Kier alpha value is -2.86. The number of aromatic nitrogens is 2. The van der Waals surface area contributed by atoms with Gasteiger partial charge in [0.15, 0.2) is 0 Å². The maximum Gasteiger partial charge on any atom is 0.263 e. The molecule has 0 aliphatic carbocycles. The van der Waals surface area contributed by atoms with Gasteiger partial charge in [-0.15, -0.1) is 0 Å². The van der Waals surface area contributed by atoms with Gasteiger partial charge in [0, 0.05) is 37.0 Å². The number of rotatable bonds is 6. The van der Waals surface area contributed by atoms with Crippen LogP contribution in [0.5, 0.6) is 0 Å². The van der Waals surface area contributed by atoms with E-state index in [4.69, 9.17) is 0 Å². The summed E-state index contributed by atoms with van der Waals surface area (Å²) in [5.41, 5.74) is 3.10. The van der Waals surface area contributed by atoms with Gasteiger partial charge in [-0.1, -0.05) is 18.2 Å². The Kier molecular flexibility index (Phi) is 6.04. The number of amides is 1. The molecule has 0 saturated carbocycles. The van der Waals surface area contributed by atoms with E-state index >= 15 is 0 Å². The van der Waals surface area contributed by atoms with Crippen molar-refractivity contribution in [3.05, 3.63) is 69.8 Å². The summed E-state index contributed by atoms with van der Waals surface area (Å²) in [6.45, 7) is 7.65. The van der Waals surface area contributed by atoms with Crippen LogP contribution in [0.25, 0.3) is 10.9 Å². The van der Waals surface area contributed by atoms with E-state index in [-0.39, 0.29) is 17.0 Å². The van der Waals surface area contributed by atoms with Gasteiger partial charge in [-0.25, -0.2) is 0 Å². The molecule has 3 heterocycles.